The third-order valence-corrected chi connectivity index (χ3v) is 4.63. The van der Waals surface area contributed by atoms with E-state index >= 15 is 0 Å². The standard InChI is InChI=1S/C20H25BrN2O4/c1-7-22(6)18(25)17-16(15(24)11-21)13-10-12(2)8-9-14(13)23(17)19(26)27-20(3,4)5/h8-10H,7,11H2,1-6H3. The van der Waals surface area contributed by atoms with Gasteiger partial charge >= 0.3 is 6.09 Å². The molecular formula is C20H25BrN2O4. The largest absolute Gasteiger partial charge is 0.443 e. The number of hydrogen-bond acceptors (Lipinski definition) is 4. The number of carbonyl (C=O) groups is 3. The Morgan fingerprint density at radius 1 is 1.22 bits per heavy atom. The zero-order valence-electron chi connectivity index (χ0n) is 16.6. The second-order valence-electron chi connectivity index (χ2n) is 7.44. The van der Waals surface area contributed by atoms with Crippen LogP contribution in [0.1, 0.15) is 54.1 Å². The van der Waals surface area contributed by atoms with E-state index < -0.39 is 17.6 Å². The monoisotopic (exact) mass is 436 g/mol. The fourth-order valence-corrected chi connectivity index (χ4v) is 3.06. The Bertz CT molecular complexity index is 909. The van der Waals surface area contributed by atoms with E-state index in [0.717, 1.165) is 5.56 Å². The molecule has 0 aliphatic heterocycles. The zero-order chi connectivity index (χ0) is 20.5. The molecule has 6 nitrogen and oxygen atoms in total. The number of amides is 1. The molecule has 1 aromatic carbocycles. The summed E-state index contributed by atoms with van der Waals surface area (Å²) in [6, 6.07) is 5.39. The molecule has 2 rings (SSSR count). The summed E-state index contributed by atoms with van der Waals surface area (Å²) >= 11 is 3.19. The third kappa shape index (κ3) is 4.24. The Labute approximate surface area is 167 Å². The highest BCUT2D eigenvalue weighted by Crippen LogP contribution is 2.30. The molecule has 0 radical (unpaired) electrons. The molecule has 2 aromatic rings. The first kappa shape index (κ1) is 21.2. The molecule has 0 fully saturated rings. The number of rotatable bonds is 4. The molecule has 1 heterocycles. The Morgan fingerprint density at radius 2 is 1.85 bits per heavy atom. The average molecular weight is 437 g/mol. The Morgan fingerprint density at radius 3 is 2.37 bits per heavy atom. The first-order chi connectivity index (χ1) is 12.5. The molecule has 0 N–H and O–H groups in total. The van der Waals surface area contributed by atoms with Crippen LogP contribution in [0.4, 0.5) is 4.79 Å². The molecule has 0 bridgehead atoms. The second-order valence-corrected chi connectivity index (χ2v) is 8.00. The smallest absolute Gasteiger partial charge is 0.419 e. The summed E-state index contributed by atoms with van der Waals surface area (Å²) in [6.45, 7) is 9.43. The maximum Gasteiger partial charge on any atom is 0.419 e. The molecular weight excluding hydrogens is 412 g/mol. The number of carbonyl (C=O) groups excluding carboxylic acids is 3. The van der Waals surface area contributed by atoms with Crippen LogP contribution >= 0.6 is 15.9 Å². The third-order valence-electron chi connectivity index (χ3n) is 4.12. The van der Waals surface area contributed by atoms with Gasteiger partial charge in [-0.1, -0.05) is 27.6 Å². The molecule has 0 saturated carbocycles. The lowest BCUT2D eigenvalue weighted by Gasteiger charge is -2.22. The van der Waals surface area contributed by atoms with Crippen LogP contribution in [0, 0.1) is 6.92 Å². The van der Waals surface area contributed by atoms with Gasteiger partial charge in [0.1, 0.15) is 11.3 Å². The van der Waals surface area contributed by atoms with Gasteiger partial charge < -0.3 is 9.64 Å². The van der Waals surface area contributed by atoms with Crippen LogP contribution in [-0.2, 0) is 4.74 Å². The lowest BCUT2D eigenvalue weighted by Crippen LogP contribution is -2.34. The summed E-state index contributed by atoms with van der Waals surface area (Å²) in [5.41, 5.74) is 0.942. The van der Waals surface area contributed by atoms with Crippen molar-refractivity contribution in [2.75, 3.05) is 18.9 Å². The van der Waals surface area contributed by atoms with Crippen molar-refractivity contribution in [2.24, 2.45) is 0 Å². The summed E-state index contributed by atoms with van der Waals surface area (Å²) < 4.78 is 6.75. The zero-order valence-corrected chi connectivity index (χ0v) is 18.1. The highest BCUT2D eigenvalue weighted by molar-refractivity contribution is 9.09. The fraction of sp³-hybridized carbons (Fsp3) is 0.450. The number of benzene rings is 1. The quantitative estimate of drug-likeness (QED) is 0.525. The van der Waals surface area contributed by atoms with E-state index in [4.69, 9.17) is 4.74 Å². The van der Waals surface area contributed by atoms with Gasteiger partial charge in [0.05, 0.1) is 16.4 Å². The molecule has 0 spiro atoms. The molecule has 0 aliphatic carbocycles. The van der Waals surface area contributed by atoms with Gasteiger partial charge in [-0.15, -0.1) is 0 Å². The fourth-order valence-electron chi connectivity index (χ4n) is 2.78. The van der Waals surface area contributed by atoms with E-state index in [2.05, 4.69) is 15.9 Å². The number of Topliss-reactive ketones (excluding diaryl/α,β-unsaturated/α-hetero) is 1. The first-order valence-electron chi connectivity index (χ1n) is 8.74. The lowest BCUT2D eigenvalue weighted by atomic mass is 10.0. The molecule has 0 aliphatic rings. The van der Waals surface area contributed by atoms with Crippen LogP contribution in [-0.4, -0.2) is 51.8 Å². The van der Waals surface area contributed by atoms with E-state index in [1.807, 2.05) is 26.0 Å². The normalized spacial score (nSPS) is 11.5. The van der Waals surface area contributed by atoms with E-state index in [-0.39, 0.29) is 22.4 Å². The molecule has 0 atom stereocenters. The minimum atomic E-state index is -0.741. The SMILES string of the molecule is CCN(C)C(=O)c1c(C(=O)CBr)c2cc(C)ccc2n1C(=O)OC(C)(C)C. The summed E-state index contributed by atoms with van der Waals surface area (Å²) in [5, 5.41) is 0.614. The number of nitrogens with zero attached hydrogens (tertiary/aromatic N) is 2. The average Bonchev–Trinajstić information content (AvgIpc) is 2.92. The number of alkyl halides is 1. The predicted octanol–water partition coefficient (Wildman–Crippen LogP) is 4.40. The van der Waals surface area contributed by atoms with E-state index in [1.54, 1.807) is 33.9 Å². The van der Waals surface area contributed by atoms with E-state index in [1.165, 1.54) is 9.47 Å². The number of aromatic nitrogens is 1. The van der Waals surface area contributed by atoms with Crippen molar-refractivity contribution in [3.05, 3.63) is 35.0 Å². The molecule has 1 aromatic heterocycles. The maximum absolute atomic E-state index is 13.1. The van der Waals surface area contributed by atoms with Crippen molar-refractivity contribution < 1.29 is 19.1 Å². The molecule has 146 valence electrons. The van der Waals surface area contributed by atoms with Gasteiger partial charge in [0.2, 0.25) is 0 Å². The van der Waals surface area contributed by atoms with Gasteiger partial charge in [-0.25, -0.2) is 9.36 Å². The van der Waals surface area contributed by atoms with Crippen LogP contribution < -0.4 is 0 Å². The molecule has 7 heteroatoms. The molecule has 0 unspecified atom stereocenters. The summed E-state index contributed by atoms with van der Waals surface area (Å²) in [6.07, 6.45) is -0.683. The molecule has 0 saturated heterocycles. The van der Waals surface area contributed by atoms with Crippen molar-refractivity contribution in [1.82, 2.24) is 9.47 Å². The number of fused-ring (bicyclic) bond motifs is 1. The Balaban J connectivity index is 2.91. The highest BCUT2D eigenvalue weighted by Gasteiger charge is 2.32. The number of aryl methyl sites for hydroxylation is 1. The highest BCUT2D eigenvalue weighted by atomic mass is 79.9. The minimum Gasteiger partial charge on any atom is -0.443 e. The second kappa shape index (κ2) is 7.84. The van der Waals surface area contributed by atoms with Gasteiger partial charge in [-0.2, -0.15) is 0 Å². The lowest BCUT2D eigenvalue weighted by molar-refractivity contribution is 0.0526. The molecule has 27 heavy (non-hydrogen) atoms. The van der Waals surface area contributed by atoms with Gasteiger partial charge in [0, 0.05) is 19.0 Å². The van der Waals surface area contributed by atoms with E-state index in [0.29, 0.717) is 17.4 Å². The van der Waals surface area contributed by atoms with Gasteiger partial charge in [0.25, 0.3) is 5.91 Å². The Hall–Kier alpha value is -2.15. The van der Waals surface area contributed by atoms with Gasteiger partial charge in [0.15, 0.2) is 5.78 Å². The summed E-state index contributed by atoms with van der Waals surface area (Å²) in [5.74, 6) is -0.665. The molecule has 1 amide bonds. The van der Waals surface area contributed by atoms with Crippen molar-refractivity contribution in [3.8, 4) is 0 Å². The summed E-state index contributed by atoms with van der Waals surface area (Å²) in [4.78, 5) is 40.2. The predicted molar refractivity (Wildman–Crippen MR) is 109 cm³/mol. The van der Waals surface area contributed by atoms with Crippen molar-refractivity contribution in [3.63, 3.8) is 0 Å². The van der Waals surface area contributed by atoms with Crippen molar-refractivity contribution in [2.45, 2.75) is 40.2 Å². The number of hydrogen-bond donors (Lipinski definition) is 0. The van der Waals surface area contributed by atoms with E-state index in [9.17, 15) is 14.4 Å². The number of ketones is 1. The van der Waals surface area contributed by atoms with Crippen LogP contribution in [0.25, 0.3) is 10.9 Å². The number of ether oxygens (including phenoxy) is 1. The van der Waals surface area contributed by atoms with Gasteiger partial charge in [-0.3, -0.25) is 9.59 Å². The maximum atomic E-state index is 13.1. The van der Waals surface area contributed by atoms with Crippen LogP contribution in [0.2, 0.25) is 0 Å². The van der Waals surface area contributed by atoms with Crippen LogP contribution in [0.5, 0.6) is 0 Å². The minimum absolute atomic E-state index is 0.0404. The van der Waals surface area contributed by atoms with Crippen molar-refractivity contribution >= 4 is 44.6 Å². The first-order valence-corrected chi connectivity index (χ1v) is 9.87. The summed E-state index contributed by atoms with van der Waals surface area (Å²) in [7, 11) is 1.63. The Kier molecular flexibility index (Phi) is 6.14. The topological polar surface area (TPSA) is 68.6 Å². The van der Waals surface area contributed by atoms with Gasteiger partial charge in [-0.05, 0) is 46.8 Å². The van der Waals surface area contributed by atoms with Crippen LogP contribution in [0.3, 0.4) is 0 Å². The number of halogens is 1. The van der Waals surface area contributed by atoms with Crippen molar-refractivity contribution in [1.29, 1.82) is 0 Å². The van der Waals surface area contributed by atoms with Crippen LogP contribution in [0.15, 0.2) is 18.2 Å².